The Morgan fingerprint density at radius 1 is 1.00 bits per heavy atom. The molecule has 3 heterocycles. The monoisotopic (exact) mass is 522 g/mol. The van der Waals surface area contributed by atoms with Crippen LogP contribution in [0.2, 0.25) is 0 Å². The van der Waals surface area contributed by atoms with Crippen molar-refractivity contribution in [2.24, 2.45) is 0 Å². The van der Waals surface area contributed by atoms with Crippen molar-refractivity contribution in [2.45, 2.75) is 70.0 Å². The van der Waals surface area contributed by atoms with Gasteiger partial charge in [0.25, 0.3) is 11.8 Å². The number of anilines is 2. The van der Waals surface area contributed by atoms with Crippen molar-refractivity contribution in [3.8, 4) is 11.1 Å². The number of nitrogens with one attached hydrogen (secondary N) is 3. The number of nitrogen functional groups attached to an aromatic ring is 1. The van der Waals surface area contributed by atoms with Crippen LogP contribution >= 0.6 is 0 Å². The van der Waals surface area contributed by atoms with Crippen LogP contribution in [-0.2, 0) is 4.79 Å². The molecule has 2 atom stereocenters. The molecule has 200 valence electrons. The lowest BCUT2D eigenvalue weighted by Crippen LogP contribution is -2.33. The van der Waals surface area contributed by atoms with Crippen molar-refractivity contribution in [3.05, 3.63) is 77.4 Å². The van der Waals surface area contributed by atoms with E-state index in [2.05, 4.69) is 51.0 Å². The highest BCUT2D eigenvalue weighted by molar-refractivity contribution is 6.26. The maximum Gasteiger partial charge on any atom is 0.270 e. The van der Waals surface area contributed by atoms with E-state index in [0.29, 0.717) is 28.7 Å². The second-order valence-corrected chi connectivity index (χ2v) is 10.8. The molecule has 1 saturated carbocycles. The fraction of sp³-hybridized carbons (Fsp3) is 0.355. The molecule has 2 amide bonds. The summed E-state index contributed by atoms with van der Waals surface area (Å²) >= 11 is 0. The molecule has 0 spiro atoms. The first-order valence-electron chi connectivity index (χ1n) is 13.9. The van der Waals surface area contributed by atoms with Crippen molar-refractivity contribution < 1.29 is 9.59 Å². The van der Waals surface area contributed by atoms with Gasteiger partial charge < -0.3 is 21.7 Å². The van der Waals surface area contributed by atoms with Gasteiger partial charge in [-0.15, -0.1) is 0 Å². The first-order chi connectivity index (χ1) is 19.0. The van der Waals surface area contributed by atoms with Gasteiger partial charge in [0.2, 0.25) is 0 Å². The number of allylic oxidation sites excluding steroid dienone is 1. The Bertz CT molecular complexity index is 1440. The Kier molecular flexibility index (Phi) is 6.87. The minimum Gasteiger partial charge on any atom is -0.397 e. The molecule has 1 aliphatic heterocycles. The van der Waals surface area contributed by atoms with Crippen LogP contribution in [0.15, 0.2) is 60.6 Å². The second kappa shape index (κ2) is 10.6. The van der Waals surface area contributed by atoms with Crippen LogP contribution in [0.5, 0.6) is 0 Å². The predicted octanol–water partition coefficient (Wildman–Crippen LogP) is 5.01. The van der Waals surface area contributed by atoms with Crippen LogP contribution < -0.4 is 21.7 Å². The lowest BCUT2D eigenvalue weighted by atomic mass is 9.85. The number of fused-ring (bicyclic) bond motifs is 3. The fourth-order valence-corrected chi connectivity index (χ4v) is 5.98. The topological polar surface area (TPSA) is 132 Å². The largest absolute Gasteiger partial charge is 0.397 e. The Labute approximate surface area is 228 Å². The van der Waals surface area contributed by atoms with Gasteiger partial charge in [-0.25, -0.2) is 4.98 Å². The smallest absolute Gasteiger partial charge is 0.270 e. The summed E-state index contributed by atoms with van der Waals surface area (Å²) in [4.78, 5) is 35.1. The highest BCUT2D eigenvalue weighted by atomic mass is 16.2. The zero-order chi connectivity index (χ0) is 26.9. The van der Waals surface area contributed by atoms with Gasteiger partial charge in [0.05, 0.1) is 17.6 Å². The summed E-state index contributed by atoms with van der Waals surface area (Å²) in [5.74, 6) is -0.334. The molecular formula is C31H34N6O2. The molecule has 3 aliphatic rings. The molecule has 1 aromatic carbocycles. The van der Waals surface area contributed by atoms with Crippen LogP contribution in [0.3, 0.4) is 0 Å². The molecule has 2 aromatic heterocycles. The minimum absolute atomic E-state index is 0.167. The number of amides is 2. The van der Waals surface area contributed by atoms with Crippen LogP contribution in [-0.4, -0.2) is 33.9 Å². The number of carbonyl (C=O) groups is 2. The quantitative estimate of drug-likeness (QED) is 0.337. The van der Waals surface area contributed by atoms with E-state index in [4.69, 9.17) is 5.73 Å². The highest BCUT2D eigenvalue weighted by Gasteiger charge is 2.41. The summed E-state index contributed by atoms with van der Waals surface area (Å²) in [6, 6.07) is 12.5. The molecular weight excluding hydrogens is 488 g/mol. The molecule has 8 nitrogen and oxygen atoms in total. The molecule has 8 heteroatoms. The van der Waals surface area contributed by atoms with E-state index in [1.807, 2.05) is 6.07 Å². The zero-order valence-corrected chi connectivity index (χ0v) is 22.2. The number of nitrogens with zero attached hydrogens (tertiary/aromatic N) is 2. The first-order valence-corrected chi connectivity index (χ1v) is 13.9. The van der Waals surface area contributed by atoms with Crippen molar-refractivity contribution in [2.75, 3.05) is 11.1 Å². The lowest BCUT2D eigenvalue weighted by molar-refractivity contribution is -0.111. The summed E-state index contributed by atoms with van der Waals surface area (Å²) in [5.41, 5.74) is 13.3. The number of rotatable bonds is 6. The van der Waals surface area contributed by atoms with Gasteiger partial charge in [0.1, 0.15) is 5.69 Å². The van der Waals surface area contributed by atoms with Crippen LogP contribution in [0, 0.1) is 0 Å². The Hall–Kier alpha value is -4.04. The zero-order valence-electron chi connectivity index (χ0n) is 22.2. The van der Waals surface area contributed by atoms with E-state index >= 15 is 0 Å². The van der Waals surface area contributed by atoms with Crippen LogP contribution in [0.1, 0.15) is 79.5 Å². The highest BCUT2D eigenvalue weighted by Crippen LogP contribution is 2.43. The van der Waals surface area contributed by atoms with E-state index in [-0.39, 0.29) is 23.9 Å². The third-order valence-corrected chi connectivity index (χ3v) is 8.15. The third-order valence-electron chi connectivity index (χ3n) is 8.15. The molecule has 0 radical (unpaired) electrons. The van der Waals surface area contributed by atoms with Gasteiger partial charge in [-0.1, -0.05) is 37.5 Å². The Morgan fingerprint density at radius 3 is 2.59 bits per heavy atom. The molecule has 3 aromatic rings. The average Bonchev–Trinajstić information content (AvgIpc) is 3.51. The number of hydrogen-bond donors (Lipinski definition) is 4. The van der Waals surface area contributed by atoms with Gasteiger partial charge in [-0.05, 0) is 73.1 Å². The molecule has 6 rings (SSSR count). The average molecular weight is 523 g/mol. The number of hydrogen-bond acceptors (Lipinski definition) is 6. The number of nitrogens with two attached hydrogens (primary N) is 1. The maximum absolute atomic E-state index is 13.9. The normalized spacial score (nSPS) is 20.4. The lowest BCUT2D eigenvalue weighted by Gasteiger charge is -2.21. The minimum atomic E-state index is -0.167. The van der Waals surface area contributed by atoms with Crippen molar-refractivity contribution in [1.29, 1.82) is 0 Å². The van der Waals surface area contributed by atoms with Gasteiger partial charge in [-0.2, -0.15) is 0 Å². The van der Waals surface area contributed by atoms with E-state index in [9.17, 15) is 9.59 Å². The molecule has 2 aliphatic carbocycles. The van der Waals surface area contributed by atoms with Crippen molar-refractivity contribution in [1.82, 2.24) is 20.6 Å². The van der Waals surface area contributed by atoms with Gasteiger partial charge in [0, 0.05) is 41.7 Å². The second-order valence-electron chi connectivity index (χ2n) is 10.8. The van der Waals surface area contributed by atoms with Crippen molar-refractivity contribution in [3.63, 3.8) is 0 Å². The number of pyridine rings is 2. The summed E-state index contributed by atoms with van der Waals surface area (Å²) in [7, 11) is 0. The van der Waals surface area contributed by atoms with Gasteiger partial charge >= 0.3 is 0 Å². The molecule has 5 N–H and O–H groups in total. The van der Waals surface area contributed by atoms with Crippen LogP contribution in [0.25, 0.3) is 16.7 Å². The van der Waals surface area contributed by atoms with E-state index in [1.165, 1.54) is 0 Å². The summed E-state index contributed by atoms with van der Waals surface area (Å²) < 4.78 is 0. The molecule has 2 unspecified atom stereocenters. The standard InChI is InChI=1S/C31H34N6O2/c1-2-18-8-11-26-29(37-26)24-10-7-19(20-13-21(32)16-33-15-20)14-25(24)28(18)31(39)36-23-9-12-27(34-17-23)30(38)35-22-5-3-4-6-22/h7,9-10,12-17,22,26,29,37H,2-6,8,11,32H2,1H3,(H,35,38)(H,36,39). The molecule has 39 heavy (non-hydrogen) atoms. The Morgan fingerprint density at radius 2 is 1.85 bits per heavy atom. The molecule has 0 bridgehead atoms. The number of aromatic nitrogens is 2. The number of benzene rings is 1. The fourth-order valence-electron chi connectivity index (χ4n) is 5.98. The molecule has 1 saturated heterocycles. The SMILES string of the molecule is CCC1=C(C(=O)Nc2ccc(C(=O)NC3CCCC3)nc2)c2cc(-c3cncc(N)c3)ccc2C2NC2CC1. The molecule has 2 fully saturated rings. The summed E-state index contributed by atoms with van der Waals surface area (Å²) in [6.45, 7) is 2.10. The van der Waals surface area contributed by atoms with E-state index in [1.54, 1.807) is 30.7 Å². The Balaban J connectivity index is 1.30. The van der Waals surface area contributed by atoms with Gasteiger partial charge in [-0.3, -0.25) is 14.6 Å². The summed E-state index contributed by atoms with van der Waals surface area (Å²) in [6.07, 6.45) is 11.9. The van der Waals surface area contributed by atoms with E-state index in [0.717, 1.165) is 72.8 Å². The van der Waals surface area contributed by atoms with Crippen molar-refractivity contribution >= 4 is 28.8 Å². The maximum atomic E-state index is 13.9. The summed E-state index contributed by atoms with van der Waals surface area (Å²) in [5, 5.41) is 9.71. The predicted molar refractivity (Wildman–Crippen MR) is 153 cm³/mol. The first kappa shape index (κ1) is 25.2. The third kappa shape index (κ3) is 5.29. The van der Waals surface area contributed by atoms with Gasteiger partial charge in [0.15, 0.2) is 0 Å². The number of carbonyl (C=O) groups excluding carboxylic acids is 2. The van der Waals surface area contributed by atoms with E-state index < -0.39 is 0 Å². The van der Waals surface area contributed by atoms with Crippen LogP contribution in [0.4, 0.5) is 11.4 Å².